The van der Waals surface area contributed by atoms with Crippen molar-refractivity contribution in [2.45, 2.75) is 13.3 Å². The summed E-state index contributed by atoms with van der Waals surface area (Å²) in [6, 6.07) is 18.4. The van der Waals surface area contributed by atoms with Gasteiger partial charge in [0.2, 0.25) is 0 Å². The van der Waals surface area contributed by atoms with Crippen LogP contribution in [0.4, 0.5) is 0 Å². The van der Waals surface area contributed by atoms with Crippen molar-refractivity contribution in [2.75, 3.05) is 7.11 Å². The third-order valence-corrected chi connectivity index (χ3v) is 4.59. The predicted molar refractivity (Wildman–Crippen MR) is 98.3 cm³/mol. The molecule has 0 heterocycles. The van der Waals surface area contributed by atoms with Crippen LogP contribution in [0.1, 0.15) is 23.6 Å². The Kier molecular flexibility index (Phi) is 4.95. The van der Waals surface area contributed by atoms with Crippen molar-refractivity contribution in [2.24, 2.45) is 11.8 Å². The molecule has 122 valence electrons. The summed E-state index contributed by atoms with van der Waals surface area (Å²) in [5, 5.41) is 0. The quantitative estimate of drug-likeness (QED) is 0.759. The average Bonchev–Trinajstić information content (AvgIpc) is 2.62. The second-order valence-corrected chi connectivity index (χ2v) is 6.19. The lowest BCUT2D eigenvalue weighted by molar-refractivity contribution is -0.144. The van der Waals surface area contributed by atoms with Gasteiger partial charge in [0.05, 0.1) is 13.0 Å². The first-order valence-electron chi connectivity index (χ1n) is 8.27. The van der Waals surface area contributed by atoms with E-state index in [1.807, 2.05) is 42.5 Å². The molecule has 0 saturated heterocycles. The summed E-state index contributed by atoms with van der Waals surface area (Å²) < 4.78 is 5.06. The number of hydrogen-bond donors (Lipinski definition) is 0. The number of allylic oxidation sites excluding steroid dienone is 2. The Morgan fingerprint density at radius 1 is 1.12 bits per heavy atom. The molecule has 0 fully saturated rings. The molecule has 1 unspecified atom stereocenters. The highest BCUT2D eigenvalue weighted by molar-refractivity contribution is 5.78. The molecule has 0 N–H and O–H groups in total. The van der Waals surface area contributed by atoms with Crippen LogP contribution in [0.25, 0.3) is 11.6 Å². The number of carbonyl (C=O) groups excluding carboxylic acids is 1. The molecule has 2 aromatic carbocycles. The van der Waals surface area contributed by atoms with Gasteiger partial charge >= 0.3 is 5.97 Å². The van der Waals surface area contributed by atoms with E-state index in [9.17, 15) is 4.79 Å². The molecule has 0 amide bonds. The standard InChI is InChI=1S/C22H22O2/c1-16-14-19(15-18-10-6-7-11-20(16)18)21(22(23)24-2)13-12-17-8-4-3-5-9-17/h3-14,19,21H,15H2,1-2H3/t19-,21?/m1/s1. The van der Waals surface area contributed by atoms with Gasteiger partial charge in [0.15, 0.2) is 0 Å². The maximum Gasteiger partial charge on any atom is 0.313 e. The highest BCUT2D eigenvalue weighted by Gasteiger charge is 2.29. The molecule has 24 heavy (non-hydrogen) atoms. The van der Waals surface area contributed by atoms with Crippen molar-refractivity contribution < 1.29 is 9.53 Å². The maximum absolute atomic E-state index is 12.3. The van der Waals surface area contributed by atoms with E-state index in [-0.39, 0.29) is 17.8 Å². The van der Waals surface area contributed by atoms with E-state index >= 15 is 0 Å². The number of fused-ring (bicyclic) bond motifs is 1. The van der Waals surface area contributed by atoms with Crippen LogP contribution in [0, 0.1) is 11.8 Å². The fourth-order valence-electron chi connectivity index (χ4n) is 3.35. The Balaban J connectivity index is 1.89. The molecule has 2 nitrogen and oxygen atoms in total. The first kappa shape index (κ1) is 16.3. The first-order chi connectivity index (χ1) is 11.7. The smallest absolute Gasteiger partial charge is 0.313 e. The maximum atomic E-state index is 12.3. The molecule has 1 aliphatic carbocycles. The molecular weight excluding hydrogens is 296 g/mol. The van der Waals surface area contributed by atoms with E-state index in [1.165, 1.54) is 23.8 Å². The minimum atomic E-state index is -0.279. The summed E-state index contributed by atoms with van der Waals surface area (Å²) in [6.45, 7) is 2.11. The number of esters is 1. The number of methoxy groups -OCH3 is 1. The minimum absolute atomic E-state index is 0.118. The number of rotatable bonds is 4. The Labute approximate surface area is 143 Å². The second-order valence-electron chi connectivity index (χ2n) is 6.19. The SMILES string of the molecule is COC(=O)C(C=Cc1ccccc1)[C@@H]1C=C(C)c2ccccc2C1. The van der Waals surface area contributed by atoms with Gasteiger partial charge in [-0.05, 0) is 41.5 Å². The van der Waals surface area contributed by atoms with Gasteiger partial charge in [0.1, 0.15) is 0 Å². The lowest BCUT2D eigenvalue weighted by Crippen LogP contribution is -2.26. The predicted octanol–water partition coefficient (Wildman–Crippen LogP) is 4.76. The summed E-state index contributed by atoms with van der Waals surface area (Å²) in [4.78, 5) is 12.3. The van der Waals surface area contributed by atoms with Gasteiger partial charge in [-0.3, -0.25) is 4.79 Å². The van der Waals surface area contributed by atoms with Crippen LogP contribution in [0.3, 0.4) is 0 Å². The lowest BCUT2D eigenvalue weighted by Gasteiger charge is -2.26. The summed E-state index contributed by atoms with van der Waals surface area (Å²) in [5.74, 6) is -0.346. The van der Waals surface area contributed by atoms with Crippen LogP contribution < -0.4 is 0 Å². The van der Waals surface area contributed by atoms with E-state index in [2.05, 4.69) is 37.3 Å². The van der Waals surface area contributed by atoms with Gasteiger partial charge in [-0.1, -0.05) is 72.8 Å². The topological polar surface area (TPSA) is 26.3 Å². The van der Waals surface area contributed by atoms with Crippen molar-refractivity contribution in [3.05, 3.63) is 83.4 Å². The molecule has 0 spiro atoms. The molecule has 3 rings (SSSR count). The van der Waals surface area contributed by atoms with Crippen LogP contribution >= 0.6 is 0 Å². The number of hydrogen-bond acceptors (Lipinski definition) is 2. The van der Waals surface area contributed by atoms with E-state index in [0.717, 1.165) is 12.0 Å². The number of carbonyl (C=O) groups is 1. The Bertz CT molecular complexity index is 772. The molecule has 0 aliphatic heterocycles. The van der Waals surface area contributed by atoms with E-state index < -0.39 is 0 Å². The highest BCUT2D eigenvalue weighted by atomic mass is 16.5. The van der Waals surface area contributed by atoms with Gasteiger partial charge in [-0.25, -0.2) is 0 Å². The van der Waals surface area contributed by atoms with Crippen LogP contribution in [-0.4, -0.2) is 13.1 Å². The van der Waals surface area contributed by atoms with E-state index in [0.29, 0.717) is 0 Å². The zero-order chi connectivity index (χ0) is 16.9. The van der Waals surface area contributed by atoms with Crippen molar-refractivity contribution >= 4 is 17.6 Å². The molecule has 0 bridgehead atoms. The van der Waals surface area contributed by atoms with Crippen LogP contribution in [0.15, 0.2) is 66.7 Å². The second kappa shape index (κ2) is 7.31. The molecule has 0 radical (unpaired) electrons. The van der Waals surface area contributed by atoms with Gasteiger partial charge in [-0.2, -0.15) is 0 Å². The number of ether oxygens (including phenoxy) is 1. The fourth-order valence-corrected chi connectivity index (χ4v) is 3.35. The lowest BCUT2D eigenvalue weighted by atomic mass is 9.78. The van der Waals surface area contributed by atoms with Crippen LogP contribution in [0.5, 0.6) is 0 Å². The summed E-state index contributed by atoms with van der Waals surface area (Å²) >= 11 is 0. The average molecular weight is 318 g/mol. The fraction of sp³-hybridized carbons (Fsp3) is 0.227. The van der Waals surface area contributed by atoms with Gasteiger partial charge < -0.3 is 4.74 Å². The van der Waals surface area contributed by atoms with Crippen molar-refractivity contribution in [3.63, 3.8) is 0 Å². The van der Waals surface area contributed by atoms with Gasteiger partial charge in [0, 0.05) is 0 Å². The normalized spacial score (nSPS) is 17.9. The molecule has 2 atom stereocenters. The van der Waals surface area contributed by atoms with Crippen molar-refractivity contribution in [1.29, 1.82) is 0 Å². The Morgan fingerprint density at radius 2 is 1.83 bits per heavy atom. The zero-order valence-corrected chi connectivity index (χ0v) is 14.1. The molecule has 0 aromatic heterocycles. The first-order valence-corrected chi connectivity index (χ1v) is 8.27. The highest BCUT2D eigenvalue weighted by Crippen LogP contribution is 2.33. The van der Waals surface area contributed by atoms with Crippen molar-refractivity contribution in [1.82, 2.24) is 0 Å². The molecule has 2 heteroatoms. The van der Waals surface area contributed by atoms with E-state index in [1.54, 1.807) is 0 Å². The molecular formula is C22H22O2. The molecule has 1 aliphatic rings. The number of benzene rings is 2. The summed E-state index contributed by atoms with van der Waals surface area (Å²) in [7, 11) is 1.46. The van der Waals surface area contributed by atoms with Crippen molar-refractivity contribution in [3.8, 4) is 0 Å². The van der Waals surface area contributed by atoms with Gasteiger partial charge in [0.25, 0.3) is 0 Å². The third kappa shape index (κ3) is 3.48. The Hall–Kier alpha value is -2.61. The Morgan fingerprint density at radius 3 is 2.58 bits per heavy atom. The van der Waals surface area contributed by atoms with E-state index in [4.69, 9.17) is 4.74 Å². The summed E-state index contributed by atoms with van der Waals surface area (Å²) in [6.07, 6.45) is 7.04. The molecule has 0 saturated carbocycles. The monoisotopic (exact) mass is 318 g/mol. The largest absolute Gasteiger partial charge is 0.469 e. The summed E-state index contributed by atoms with van der Waals surface area (Å²) in [5.41, 5.74) is 4.89. The van der Waals surface area contributed by atoms with Crippen LogP contribution in [-0.2, 0) is 16.0 Å². The minimum Gasteiger partial charge on any atom is -0.469 e. The zero-order valence-electron chi connectivity index (χ0n) is 14.1. The third-order valence-electron chi connectivity index (χ3n) is 4.59. The van der Waals surface area contributed by atoms with Crippen LogP contribution in [0.2, 0.25) is 0 Å². The van der Waals surface area contributed by atoms with Gasteiger partial charge in [-0.15, -0.1) is 0 Å². The molecule has 2 aromatic rings.